The first-order valence-corrected chi connectivity index (χ1v) is 9.24. The second-order valence-electron chi connectivity index (χ2n) is 6.98. The van der Waals surface area contributed by atoms with Crippen LogP contribution in [0.5, 0.6) is 0 Å². The van der Waals surface area contributed by atoms with Crippen LogP contribution in [0.4, 0.5) is 0 Å². The zero-order chi connectivity index (χ0) is 16.9. The van der Waals surface area contributed by atoms with E-state index in [0.717, 1.165) is 56.5 Å². The van der Waals surface area contributed by atoms with Gasteiger partial charge in [-0.1, -0.05) is 25.8 Å². The number of likely N-dealkylation sites (tertiary alicyclic amines) is 1. The predicted molar refractivity (Wildman–Crippen MR) is 92.0 cm³/mol. The van der Waals surface area contributed by atoms with Crippen LogP contribution in [-0.2, 0) is 9.53 Å². The van der Waals surface area contributed by atoms with E-state index >= 15 is 0 Å². The number of pyridine rings is 1. The molecule has 0 amide bonds. The predicted octanol–water partition coefficient (Wildman–Crippen LogP) is 3.37. The van der Waals surface area contributed by atoms with E-state index in [1.165, 1.54) is 6.42 Å². The fourth-order valence-electron chi connectivity index (χ4n) is 3.69. The molecule has 1 aromatic rings. The minimum Gasteiger partial charge on any atom is -0.480 e. The van der Waals surface area contributed by atoms with Gasteiger partial charge in [0.1, 0.15) is 6.04 Å². The summed E-state index contributed by atoms with van der Waals surface area (Å²) in [6.45, 7) is 4.38. The lowest BCUT2D eigenvalue weighted by molar-refractivity contribution is -0.143. The first kappa shape index (κ1) is 17.4. The van der Waals surface area contributed by atoms with Gasteiger partial charge in [0, 0.05) is 43.1 Å². The molecule has 2 aliphatic rings. The van der Waals surface area contributed by atoms with Gasteiger partial charge in [-0.2, -0.15) is 0 Å². The van der Waals surface area contributed by atoms with Gasteiger partial charge in [-0.05, 0) is 31.7 Å². The number of aliphatic carboxylic acids is 1. The van der Waals surface area contributed by atoms with Crippen LogP contribution in [0.3, 0.4) is 0 Å². The molecule has 1 N–H and O–H groups in total. The van der Waals surface area contributed by atoms with Gasteiger partial charge in [0.15, 0.2) is 0 Å². The van der Waals surface area contributed by atoms with Crippen molar-refractivity contribution in [3.63, 3.8) is 0 Å². The molecule has 2 heterocycles. The summed E-state index contributed by atoms with van der Waals surface area (Å²) in [7, 11) is 0. The molecule has 132 valence electrons. The van der Waals surface area contributed by atoms with Gasteiger partial charge < -0.3 is 9.84 Å². The van der Waals surface area contributed by atoms with Gasteiger partial charge >= 0.3 is 5.97 Å². The number of carbonyl (C=O) groups is 1. The van der Waals surface area contributed by atoms with E-state index in [1.807, 2.05) is 12.1 Å². The Morgan fingerprint density at radius 1 is 1.46 bits per heavy atom. The number of nitrogens with zero attached hydrogens (tertiary/aromatic N) is 2. The van der Waals surface area contributed by atoms with Crippen LogP contribution in [0.2, 0.25) is 0 Å². The van der Waals surface area contributed by atoms with Gasteiger partial charge in [0.05, 0.1) is 6.10 Å². The maximum atomic E-state index is 12.0. The van der Waals surface area contributed by atoms with E-state index in [4.69, 9.17) is 4.74 Å². The Morgan fingerprint density at radius 2 is 2.29 bits per heavy atom. The second-order valence-corrected chi connectivity index (χ2v) is 6.98. The molecule has 1 saturated heterocycles. The van der Waals surface area contributed by atoms with Crippen molar-refractivity contribution in [1.29, 1.82) is 0 Å². The third-order valence-corrected chi connectivity index (χ3v) is 5.28. The molecule has 2 unspecified atom stereocenters. The molecule has 1 aliphatic heterocycles. The second kappa shape index (κ2) is 8.08. The zero-order valence-corrected chi connectivity index (χ0v) is 14.5. The highest BCUT2D eigenvalue weighted by atomic mass is 16.5. The lowest BCUT2D eigenvalue weighted by atomic mass is 9.80. The van der Waals surface area contributed by atoms with Crippen LogP contribution >= 0.6 is 0 Å². The number of hydrogen-bond acceptors (Lipinski definition) is 4. The van der Waals surface area contributed by atoms with E-state index in [2.05, 4.69) is 16.8 Å². The maximum absolute atomic E-state index is 12.0. The minimum atomic E-state index is -0.780. The van der Waals surface area contributed by atoms with Crippen LogP contribution in [0, 0.1) is 0 Å². The molecular formula is C19H28N2O3. The van der Waals surface area contributed by atoms with Gasteiger partial charge in [0.2, 0.25) is 0 Å². The average molecular weight is 332 g/mol. The van der Waals surface area contributed by atoms with Crippen molar-refractivity contribution < 1.29 is 14.6 Å². The van der Waals surface area contributed by atoms with E-state index in [1.54, 1.807) is 6.20 Å². The minimum absolute atomic E-state index is 0.155. The molecule has 1 aliphatic carbocycles. The van der Waals surface area contributed by atoms with Gasteiger partial charge in [-0.3, -0.25) is 14.7 Å². The highest BCUT2D eigenvalue weighted by Crippen LogP contribution is 2.40. The van der Waals surface area contributed by atoms with E-state index < -0.39 is 12.0 Å². The van der Waals surface area contributed by atoms with Gasteiger partial charge in [-0.25, -0.2) is 0 Å². The molecule has 2 atom stereocenters. The summed E-state index contributed by atoms with van der Waals surface area (Å²) in [4.78, 5) is 18.6. The van der Waals surface area contributed by atoms with E-state index in [-0.39, 0.29) is 6.10 Å². The van der Waals surface area contributed by atoms with Crippen LogP contribution in [0.1, 0.15) is 68.7 Å². The molecule has 5 heteroatoms. The van der Waals surface area contributed by atoms with Crippen molar-refractivity contribution in [3.05, 3.63) is 29.6 Å². The molecule has 0 aromatic carbocycles. The van der Waals surface area contributed by atoms with Crippen LogP contribution in [0.25, 0.3) is 0 Å². The van der Waals surface area contributed by atoms with Crippen molar-refractivity contribution in [2.75, 3.05) is 19.7 Å². The Hall–Kier alpha value is -1.46. The summed E-state index contributed by atoms with van der Waals surface area (Å²) < 4.78 is 5.90. The number of ether oxygens (including phenoxy) is 1. The van der Waals surface area contributed by atoms with E-state index in [0.29, 0.717) is 12.5 Å². The molecule has 5 nitrogen and oxygen atoms in total. The summed E-state index contributed by atoms with van der Waals surface area (Å²) in [6, 6.07) is 3.21. The Labute approximate surface area is 144 Å². The summed E-state index contributed by atoms with van der Waals surface area (Å²) in [5.41, 5.74) is 1.87. The Bertz CT molecular complexity index is 559. The number of carboxylic acid groups (broad SMARTS) is 1. The quantitative estimate of drug-likeness (QED) is 0.740. The largest absolute Gasteiger partial charge is 0.480 e. The third kappa shape index (κ3) is 3.78. The number of carboxylic acids is 1. The lowest BCUT2D eigenvalue weighted by Crippen LogP contribution is -2.35. The monoisotopic (exact) mass is 332 g/mol. The molecule has 1 saturated carbocycles. The summed E-state index contributed by atoms with van der Waals surface area (Å²) >= 11 is 0. The Morgan fingerprint density at radius 3 is 2.96 bits per heavy atom. The third-order valence-electron chi connectivity index (χ3n) is 5.28. The fraction of sp³-hybridized carbons (Fsp3) is 0.684. The summed E-state index contributed by atoms with van der Waals surface area (Å²) in [5, 5.41) is 9.87. The molecule has 0 bridgehead atoms. The first-order valence-electron chi connectivity index (χ1n) is 9.24. The maximum Gasteiger partial charge on any atom is 0.325 e. The van der Waals surface area contributed by atoms with E-state index in [9.17, 15) is 9.90 Å². The SMILES string of the molecule is CCCCOC1CCN(C(C(=O)O)c2cccnc2C2CCC2)C1. The summed E-state index contributed by atoms with van der Waals surface area (Å²) in [5.74, 6) is -0.347. The molecule has 24 heavy (non-hydrogen) atoms. The van der Waals surface area contributed by atoms with Crippen molar-refractivity contribution in [1.82, 2.24) is 9.88 Å². The number of hydrogen-bond donors (Lipinski definition) is 1. The number of aromatic nitrogens is 1. The number of rotatable bonds is 8. The van der Waals surface area contributed by atoms with Crippen molar-refractivity contribution >= 4 is 5.97 Å². The van der Waals surface area contributed by atoms with Gasteiger partial charge in [0.25, 0.3) is 0 Å². The zero-order valence-electron chi connectivity index (χ0n) is 14.5. The average Bonchev–Trinajstić information content (AvgIpc) is 2.96. The van der Waals surface area contributed by atoms with Crippen molar-refractivity contribution in [3.8, 4) is 0 Å². The molecular weight excluding hydrogens is 304 g/mol. The fourth-order valence-corrected chi connectivity index (χ4v) is 3.69. The standard InChI is InChI=1S/C19H28N2O3/c1-2-3-12-24-15-9-11-21(13-15)18(19(22)23)16-8-5-10-20-17(16)14-6-4-7-14/h5,8,10,14-15,18H,2-4,6-7,9,11-13H2,1H3,(H,22,23). The normalized spacial score (nSPS) is 23.1. The van der Waals surface area contributed by atoms with Crippen LogP contribution < -0.4 is 0 Å². The first-order chi connectivity index (χ1) is 11.7. The van der Waals surface area contributed by atoms with Crippen molar-refractivity contribution in [2.45, 2.75) is 63.5 Å². The molecule has 3 rings (SSSR count). The van der Waals surface area contributed by atoms with Crippen molar-refractivity contribution in [2.24, 2.45) is 0 Å². The highest BCUT2D eigenvalue weighted by molar-refractivity contribution is 5.76. The van der Waals surface area contributed by atoms with Crippen LogP contribution in [0.15, 0.2) is 18.3 Å². The lowest BCUT2D eigenvalue weighted by Gasteiger charge is -2.31. The van der Waals surface area contributed by atoms with Gasteiger partial charge in [-0.15, -0.1) is 0 Å². The molecule has 2 fully saturated rings. The Kier molecular flexibility index (Phi) is 5.85. The molecule has 1 aromatic heterocycles. The smallest absolute Gasteiger partial charge is 0.325 e. The number of unbranched alkanes of at least 4 members (excludes halogenated alkanes) is 1. The van der Waals surface area contributed by atoms with Crippen LogP contribution in [-0.4, -0.2) is 46.8 Å². The molecule has 0 spiro atoms. The summed E-state index contributed by atoms with van der Waals surface area (Å²) in [6.07, 6.45) is 8.50. The highest BCUT2D eigenvalue weighted by Gasteiger charge is 2.37. The molecule has 0 radical (unpaired) electrons. The topological polar surface area (TPSA) is 62.7 Å². The Balaban J connectivity index is 1.73.